The number of amides is 1. The highest BCUT2D eigenvalue weighted by Crippen LogP contribution is 2.35. The second-order valence-corrected chi connectivity index (χ2v) is 6.19. The van der Waals surface area contributed by atoms with E-state index in [4.69, 9.17) is 0 Å². The number of nitrogens with zero attached hydrogens (tertiary/aromatic N) is 1. The minimum atomic E-state index is -4.70. The number of hydrogen-bond acceptors (Lipinski definition) is 4. The Balaban J connectivity index is 2.09. The highest BCUT2D eigenvalue weighted by Gasteiger charge is 2.33. The van der Waals surface area contributed by atoms with Gasteiger partial charge < -0.3 is 5.32 Å². The molecule has 0 unspecified atom stereocenters. The Bertz CT molecular complexity index is 792. The molecule has 25 heavy (non-hydrogen) atoms. The van der Waals surface area contributed by atoms with Crippen molar-refractivity contribution in [3.8, 4) is 0 Å². The number of aryl methyl sites for hydroxylation is 1. The van der Waals surface area contributed by atoms with E-state index in [0.29, 0.717) is 12.1 Å². The molecule has 0 aromatic heterocycles. The lowest BCUT2D eigenvalue weighted by molar-refractivity contribution is -0.384. The molecule has 2 aromatic rings. The second kappa shape index (κ2) is 7.56. The van der Waals surface area contributed by atoms with Crippen molar-refractivity contribution in [2.24, 2.45) is 0 Å². The van der Waals surface area contributed by atoms with E-state index in [1.807, 2.05) is 31.2 Å². The van der Waals surface area contributed by atoms with Crippen molar-refractivity contribution < 1.29 is 22.9 Å². The molecule has 0 radical (unpaired) electrons. The number of hydrogen-bond donors (Lipinski definition) is 1. The van der Waals surface area contributed by atoms with Gasteiger partial charge in [0.25, 0.3) is 5.69 Å². The Morgan fingerprint density at radius 3 is 2.40 bits per heavy atom. The predicted octanol–water partition coefficient (Wildman–Crippen LogP) is 4.65. The standard InChI is InChI=1S/C16H13F3N2O3S/c1-10-2-5-12(6-3-10)25-9-15(22)20-13-7-4-11(16(17,18)19)8-14(13)21(23)24/h2-8H,9H2,1H3,(H,20,22). The number of alkyl halides is 3. The van der Waals surface area contributed by atoms with Crippen LogP contribution in [0.25, 0.3) is 0 Å². The van der Waals surface area contributed by atoms with E-state index in [1.165, 1.54) is 11.8 Å². The van der Waals surface area contributed by atoms with Gasteiger partial charge in [0, 0.05) is 11.0 Å². The maximum atomic E-state index is 12.6. The number of carbonyl (C=O) groups excluding carboxylic acids is 1. The van der Waals surface area contributed by atoms with Gasteiger partial charge in [-0.1, -0.05) is 17.7 Å². The number of nitro groups is 1. The van der Waals surface area contributed by atoms with Gasteiger partial charge in [0.05, 0.1) is 16.2 Å². The van der Waals surface area contributed by atoms with Crippen LogP contribution in [-0.4, -0.2) is 16.6 Å². The molecule has 0 aliphatic heterocycles. The quantitative estimate of drug-likeness (QED) is 0.472. The normalized spacial score (nSPS) is 11.2. The first kappa shape index (κ1) is 18.8. The Morgan fingerprint density at radius 1 is 1.20 bits per heavy atom. The third kappa shape index (κ3) is 5.21. The molecule has 0 fully saturated rings. The molecule has 0 atom stereocenters. The molecule has 1 N–H and O–H groups in total. The largest absolute Gasteiger partial charge is 0.416 e. The van der Waals surface area contributed by atoms with Crippen LogP contribution in [0, 0.1) is 17.0 Å². The minimum absolute atomic E-state index is 0.0266. The molecule has 5 nitrogen and oxygen atoms in total. The molecule has 1 amide bonds. The monoisotopic (exact) mass is 370 g/mol. The van der Waals surface area contributed by atoms with Gasteiger partial charge in [-0.05, 0) is 31.2 Å². The minimum Gasteiger partial charge on any atom is -0.320 e. The number of nitrogens with one attached hydrogen (secondary N) is 1. The van der Waals surface area contributed by atoms with E-state index in [-0.39, 0.29) is 11.4 Å². The molecule has 132 valence electrons. The molecular weight excluding hydrogens is 357 g/mol. The first-order valence-corrected chi connectivity index (χ1v) is 8.00. The van der Waals surface area contributed by atoms with E-state index in [9.17, 15) is 28.1 Å². The molecule has 0 aliphatic rings. The van der Waals surface area contributed by atoms with Crippen LogP contribution in [-0.2, 0) is 11.0 Å². The number of nitro benzene ring substituents is 1. The number of anilines is 1. The number of thioether (sulfide) groups is 1. The molecule has 0 saturated heterocycles. The van der Waals surface area contributed by atoms with E-state index in [2.05, 4.69) is 5.32 Å². The summed E-state index contributed by atoms with van der Waals surface area (Å²) in [5.74, 6) is -0.574. The van der Waals surface area contributed by atoms with Gasteiger partial charge in [0.2, 0.25) is 5.91 Å². The molecule has 0 saturated carbocycles. The molecule has 2 rings (SSSR count). The summed E-state index contributed by atoms with van der Waals surface area (Å²) in [6.45, 7) is 1.92. The molecule has 9 heteroatoms. The molecule has 0 aliphatic carbocycles. The molecule has 0 bridgehead atoms. The summed E-state index contributed by atoms with van der Waals surface area (Å²) in [5, 5.41) is 13.3. The summed E-state index contributed by atoms with van der Waals surface area (Å²) in [7, 11) is 0. The fourth-order valence-corrected chi connectivity index (χ4v) is 2.63. The lowest BCUT2D eigenvalue weighted by Gasteiger charge is -2.10. The van der Waals surface area contributed by atoms with Gasteiger partial charge >= 0.3 is 6.18 Å². The Morgan fingerprint density at radius 2 is 1.84 bits per heavy atom. The summed E-state index contributed by atoms with van der Waals surface area (Å²) in [4.78, 5) is 22.8. The predicted molar refractivity (Wildman–Crippen MR) is 88.6 cm³/mol. The Hall–Kier alpha value is -2.55. The van der Waals surface area contributed by atoms with Crippen LogP contribution < -0.4 is 5.32 Å². The fourth-order valence-electron chi connectivity index (χ4n) is 1.93. The number of rotatable bonds is 5. The first-order chi connectivity index (χ1) is 11.7. The third-order valence-corrected chi connectivity index (χ3v) is 4.20. The summed E-state index contributed by atoms with van der Waals surface area (Å²) in [5.41, 5.74) is -1.16. The van der Waals surface area contributed by atoms with Gasteiger partial charge in [0.1, 0.15) is 5.69 Å². The van der Waals surface area contributed by atoms with E-state index in [1.54, 1.807) is 0 Å². The Labute approximate surface area is 145 Å². The first-order valence-electron chi connectivity index (χ1n) is 7.02. The van der Waals surface area contributed by atoms with E-state index >= 15 is 0 Å². The lowest BCUT2D eigenvalue weighted by Crippen LogP contribution is -2.16. The smallest absolute Gasteiger partial charge is 0.320 e. The zero-order valence-electron chi connectivity index (χ0n) is 13.0. The van der Waals surface area contributed by atoms with Crippen LogP contribution in [0.4, 0.5) is 24.5 Å². The van der Waals surface area contributed by atoms with Crippen molar-refractivity contribution in [2.45, 2.75) is 18.0 Å². The van der Waals surface area contributed by atoms with Crippen molar-refractivity contribution in [1.82, 2.24) is 0 Å². The highest BCUT2D eigenvalue weighted by atomic mass is 32.2. The number of carbonyl (C=O) groups is 1. The summed E-state index contributed by atoms with van der Waals surface area (Å²) >= 11 is 1.22. The maximum Gasteiger partial charge on any atom is 0.416 e. The van der Waals surface area contributed by atoms with Crippen molar-refractivity contribution in [1.29, 1.82) is 0 Å². The van der Waals surface area contributed by atoms with Gasteiger partial charge in [-0.15, -0.1) is 11.8 Å². The summed E-state index contributed by atoms with van der Waals surface area (Å²) in [6.07, 6.45) is -4.70. The second-order valence-electron chi connectivity index (χ2n) is 5.14. The van der Waals surface area contributed by atoms with Gasteiger partial charge in [0.15, 0.2) is 0 Å². The van der Waals surface area contributed by atoms with Crippen LogP contribution in [0.5, 0.6) is 0 Å². The highest BCUT2D eigenvalue weighted by molar-refractivity contribution is 8.00. The van der Waals surface area contributed by atoms with Crippen LogP contribution in [0.3, 0.4) is 0 Å². The van der Waals surface area contributed by atoms with Crippen LogP contribution >= 0.6 is 11.8 Å². The van der Waals surface area contributed by atoms with Crippen LogP contribution in [0.15, 0.2) is 47.4 Å². The van der Waals surface area contributed by atoms with Gasteiger partial charge in [-0.3, -0.25) is 14.9 Å². The molecule has 2 aromatic carbocycles. The zero-order chi connectivity index (χ0) is 18.6. The average Bonchev–Trinajstić information content (AvgIpc) is 2.53. The lowest BCUT2D eigenvalue weighted by atomic mass is 10.1. The van der Waals surface area contributed by atoms with E-state index < -0.39 is 28.3 Å². The number of halogens is 3. The van der Waals surface area contributed by atoms with Crippen molar-refractivity contribution >= 4 is 29.0 Å². The van der Waals surface area contributed by atoms with Gasteiger partial charge in [-0.25, -0.2) is 0 Å². The van der Waals surface area contributed by atoms with Crippen LogP contribution in [0.2, 0.25) is 0 Å². The zero-order valence-corrected chi connectivity index (χ0v) is 13.8. The van der Waals surface area contributed by atoms with Crippen molar-refractivity contribution in [2.75, 3.05) is 11.1 Å². The van der Waals surface area contributed by atoms with Crippen LogP contribution in [0.1, 0.15) is 11.1 Å². The average molecular weight is 370 g/mol. The molecule has 0 heterocycles. The number of benzene rings is 2. The SMILES string of the molecule is Cc1ccc(SCC(=O)Nc2ccc(C(F)(F)F)cc2[N+](=O)[O-])cc1. The van der Waals surface area contributed by atoms with E-state index in [0.717, 1.165) is 16.5 Å². The maximum absolute atomic E-state index is 12.6. The summed E-state index contributed by atoms with van der Waals surface area (Å²) in [6, 6.07) is 9.39. The van der Waals surface area contributed by atoms with Gasteiger partial charge in [-0.2, -0.15) is 13.2 Å². The van der Waals surface area contributed by atoms with Crippen molar-refractivity contribution in [3.63, 3.8) is 0 Å². The molecular formula is C16H13F3N2O3S. The van der Waals surface area contributed by atoms with Crippen molar-refractivity contribution in [3.05, 3.63) is 63.7 Å². The topological polar surface area (TPSA) is 72.2 Å². The summed E-state index contributed by atoms with van der Waals surface area (Å²) < 4.78 is 37.9. The molecule has 0 spiro atoms. The Kier molecular flexibility index (Phi) is 5.68. The third-order valence-electron chi connectivity index (χ3n) is 3.19. The fraction of sp³-hybridized carbons (Fsp3) is 0.188.